The molecule has 0 radical (unpaired) electrons. The number of benzene rings is 2. The summed E-state index contributed by atoms with van der Waals surface area (Å²) >= 11 is 6.01. The number of hydrogen-bond acceptors (Lipinski definition) is 5. The van der Waals surface area contributed by atoms with Crippen LogP contribution in [-0.4, -0.2) is 70.4 Å². The number of rotatable bonds is 6. The number of carbonyl (C=O) groups excluding carboxylic acids is 1. The highest BCUT2D eigenvalue weighted by atomic mass is 35.5. The zero-order valence-electron chi connectivity index (χ0n) is 18.1. The van der Waals surface area contributed by atoms with Gasteiger partial charge in [0.2, 0.25) is 26.0 Å². The molecular weight excluding hydrogens is 474 g/mol. The van der Waals surface area contributed by atoms with Gasteiger partial charge in [-0.3, -0.25) is 9.10 Å². The number of piperazine rings is 1. The van der Waals surface area contributed by atoms with Crippen molar-refractivity contribution in [2.24, 2.45) is 0 Å². The molecule has 0 aromatic heterocycles. The van der Waals surface area contributed by atoms with Crippen LogP contribution in [0.3, 0.4) is 0 Å². The first-order chi connectivity index (χ1) is 14.9. The second-order valence-corrected chi connectivity index (χ2v) is 12.0. The summed E-state index contributed by atoms with van der Waals surface area (Å²) in [4.78, 5) is 14.8. The fourth-order valence-electron chi connectivity index (χ4n) is 3.69. The molecule has 0 saturated carbocycles. The van der Waals surface area contributed by atoms with Crippen molar-refractivity contribution in [2.45, 2.75) is 24.8 Å². The van der Waals surface area contributed by atoms with Gasteiger partial charge in [0.15, 0.2) is 0 Å². The number of amides is 1. The standard InChI is InChI=1S/C21H26ClN3O5S2/c1-16-7-9-20(10-8-16)32(29,30)24-13-11-23(12-14-24)21(26)17(2)25(31(3,27)28)19-6-4-5-18(22)15-19/h4-10,15,17H,11-14H2,1-3H3. The molecule has 1 saturated heterocycles. The molecule has 0 N–H and O–H groups in total. The summed E-state index contributed by atoms with van der Waals surface area (Å²) in [5.74, 6) is -0.400. The minimum Gasteiger partial charge on any atom is -0.338 e. The van der Waals surface area contributed by atoms with E-state index in [0.29, 0.717) is 10.7 Å². The number of anilines is 1. The molecule has 3 rings (SSSR count). The molecule has 2 aromatic rings. The van der Waals surface area contributed by atoms with Crippen molar-refractivity contribution in [2.75, 3.05) is 36.7 Å². The Morgan fingerprint density at radius 2 is 1.59 bits per heavy atom. The Labute approximate surface area is 194 Å². The molecule has 1 fully saturated rings. The topological polar surface area (TPSA) is 95.1 Å². The summed E-state index contributed by atoms with van der Waals surface area (Å²) in [5.41, 5.74) is 1.25. The van der Waals surface area contributed by atoms with Gasteiger partial charge in [0.1, 0.15) is 6.04 Å². The fourth-order valence-corrected chi connectivity index (χ4v) is 6.46. The molecule has 0 spiro atoms. The first-order valence-electron chi connectivity index (χ1n) is 10.0. The van der Waals surface area contributed by atoms with Crippen LogP contribution in [0.2, 0.25) is 5.02 Å². The minimum atomic E-state index is -3.77. The second-order valence-electron chi connectivity index (χ2n) is 7.76. The molecule has 174 valence electrons. The Balaban J connectivity index is 1.74. The van der Waals surface area contributed by atoms with Crippen molar-refractivity contribution in [3.8, 4) is 0 Å². The Bertz CT molecular complexity index is 1190. The lowest BCUT2D eigenvalue weighted by atomic mass is 10.2. The third kappa shape index (κ3) is 5.25. The Morgan fingerprint density at radius 3 is 2.12 bits per heavy atom. The molecule has 8 nitrogen and oxygen atoms in total. The molecule has 2 aromatic carbocycles. The Kier molecular flexibility index (Phi) is 7.18. The van der Waals surface area contributed by atoms with Gasteiger partial charge >= 0.3 is 0 Å². The molecule has 1 atom stereocenters. The maximum atomic E-state index is 13.1. The van der Waals surface area contributed by atoms with E-state index in [0.717, 1.165) is 16.1 Å². The van der Waals surface area contributed by atoms with E-state index >= 15 is 0 Å². The van der Waals surface area contributed by atoms with Crippen LogP contribution in [0, 0.1) is 6.92 Å². The van der Waals surface area contributed by atoms with Gasteiger partial charge in [-0.15, -0.1) is 0 Å². The molecular formula is C21H26ClN3O5S2. The zero-order valence-corrected chi connectivity index (χ0v) is 20.5. The summed E-state index contributed by atoms with van der Waals surface area (Å²) in [7, 11) is -7.43. The lowest BCUT2D eigenvalue weighted by Crippen LogP contribution is -2.56. The molecule has 1 unspecified atom stereocenters. The lowest BCUT2D eigenvalue weighted by Gasteiger charge is -2.37. The maximum absolute atomic E-state index is 13.1. The van der Waals surface area contributed by atoms with E-state index in [1.807, 2.05) is 6.92 Å². The van der Waals surface area contributed by atoms with E-state index in [2.05, 4.69) is 0 Å². The summed E-state index contributed by atoms with van der Waals surface area (Å²) in [6.45, 7) is 3.99. The molecule has 32 heavy (non-hydrogen) atoms. The van der Waals surface area contributed by atoms with Crippen molar-refractivity contribution >= 4 is 43.2 Å². The molecule has 0 aliphatic carbocycles. The summed E-state index contributed by atoms with van der Waals surface area (Å²) < 4.78 is 53.1. The Hall–Kier alpha value is -2.14. The average molecular weight is 500 g/mol. The van der Waals surface area contributed by atoms with Gasteiger partial charge < -0.3 is 4.90 Å². The van der Waals surface area contributed by atoms with E-state index in [1.54, 1.807) is 42.5 Å². The van der Waals surface area contributed by atoms with Crippen LogP contribution in [-0.2, 0) is 24.8 Å². The molecule has 0 bridgehead atoms. The molecule has 1 heterocycles. The van der Waals surface area contributed by atoms with Crippen LogP contribution in [0.1, 0.15) is 12.5 Å². The Morgan fingerprint density at radius 1 is 1.00 bits per heavy atom. The SMILES string of the molecule is Cc1ccc(S(=O)(=O)N2CCN(C(=O)C(C)N(c3cccc(Cl)c3)S(C)(=O)=O)CC2)cc1. The van der Waals surface area contributed by atoms with E-state index in [-0.39, 0.29) is 31.1 Å². The smallest absolute Gasteiger partial charge is 0.246 e. The normalized spacial score (nSPS) is 16.6. The number of hydrogen-bond donors (Lipinski definition) is 0. The van der Waals surface area contributed by atoms with Gasteiger partial charge in [-0.05, 0) is 44.2 Å². The highest BCUT2D eigenvalue weighted by Gasteiger charge is 2.35. The zero-order chi connectivity index (χ0) is 23.7. The third-order valence-electron chi connectivity index (χ3n) is 5.34. The quantitative estimate of drug-likeness (QED) is 0.608. The predicted molar refractivity (Wildman–Crippen MR) is 125 cm³/mol. The van der Waals surface area contributed by atoms with E-state index in [4.69, 9.17) is 11.6 Å². The number of carbonyl (C=O) groups is 1. The van der Waals surface area contributed by atoms with Crippen LogP contribution < -0.4 is 4.31 Å². The van der Waals surface area contributed by atoms with Gasteiger partial charge in [0, 0.05) is 31.2 Å². The lowest BCUT2D eigenvalue weighted by molar-refractivity contribution is -0.133. The molecule has 11 heteroatoms. The largest absolute Gasteiger partial charge is 0.338 e. The van der Waals surface area contributed by atoms with Crippen LogP contribution in [0.4, 0.5) is 5.69 Å². The first kappa shape index (κ1) is 24.5. The first-order valence-corrected chi connectivity index (χ1v) is 13.7. The highest BCUT2D eigenvalue weighted by Crippen LogP contribution is 2.25. The van der Waals surface area contributed by atoms with Crippen molar-refractivity contribution in [3.05, 3.63) is 59.1 Å². The number of nitrogens with zero attached hydrogens (tertiary/aromatic N) is 3. The average Bonchev–Trinajstić information content (AvgIpc) is 2.73. The van der Waals surface area contributed by atoms with Crippen molar-refractivity contribution in [3.63, 3.8) is 0 Å². The number of aryl methyl sites for hydroxylation is 1. The summed E-state index contributed by atoms with van der Waals surface area (Å²) in [6, 6.07) is 11.9. The predicted octanol–water partition coefficient (Wildman–Crippen LogP) is 2.34. The third-order valence-corrected chi connectivity index (χ3v) is 8.73. The maximum Gasteiger partial charge on any atom is 0.246 e. The van der Waals surface area contributed by atoms with Gasteiger partial charge in [-0.2, -0.15) is 4.31 Å². The van der Waals surface area contributed by atoms with Gasteiger partial charge in [0.05, 0.1) is 16.8 Å². The van der Waals surface area contributed by atoms with Gasteiger partial charge in [0.25, 0.3) is 0 Å². The summed E-state index contributed by atoms with van der Waals surface area (Å²) in [5, 5.41) is 0.353. The monoisotopic (exact) mass is 499 g/mol. The van der Waals surface area contributed by atoms with Crippen LogP contribution in [0.25, 0.3) is 0 Å². The summed E-state index contributed by atoms with van der Waals surface area (Å²) in [6.07, 6.45) is 1.03. The van der Waals surface area contributed by atoms with Gasteiger partial charge in [-0.1, -0.05) is 35.4 Å². The number of sulfonamides is 2. The fraction of sp³-hybridized carbons (Fsp3) is 0.381. The molecule has 1 amide bonds. The van der Waals surface area contributed by atoms with E-state index in [9.17, 15) is 21.6 Å². The minimum absolute atomic E-state index is 0.130. The van der Waals surface area contributed by atoms with Crippen molar-refractivity contribution in [1.82, 2.24) is 9.21 Å². The van der Waals surface area contributed by atoms with E-state index < -0.39 is 32.0 Å². The number of halogens is 1. The molecule has 1 aliphatic rings. The second kappa shape index (κ2) is 9.38. The molecule has 1 aliphatic heterocycles. The van der Waals surface area contributed by atoms with Crippen LogP contribution in [0.15, 0.2) is 53.4 Å². The highest BCUT2D eigenvalue weighted by molar-refractivity contribution is 7.92. The van der Waals surface area contributed by atoms with Crippen molar-refractivity contribution < 1.29 is 21.6 Å². The van der Waals surface area contributed by atoms with Gasteiger partial charge in [-0.25, -0.2) is 16.8 Å². The van der Waals surface area contributed by atoms with Crippen molar-refractivity contribution in [1.29, 1.82) is 0 Å². The van der Waals surface area contributed by atoms with Crippen LogP contribution >= 0.6 is 11.6 Å². The van der Waals surface area contributed by atoms with E-state index in [1.165, 1.54) is 22.2 Å². The van der Waals surface area contributed by atoms with Crippen LogP contribution in [0.5, 0.6) is 0 Å².